The summed E-state index contributed by atoms with van der Waals surface area (Å²) in [7, 11) is 0. The number of carbonyl (C=O) groups is 2. The second kappa shape index (κ2) is 9.78. The Hall–Kier alpha value is -3.02. The van der Waals surface area contributed by atoms with Gasteiger partial charge in [-0.15, -0.1) is 0 Å². The first-order chi connectivity index (χ1) is 13.7. The molecule has 0 saturated carbocycles. The molecule has 1 saturated heterocycles. The summed E-state index contributed by atoms with van der Waals surface area (Å²) in [5, 5.41) is 5.99. The maximum atomic E-state index is 12.4. The largest absolute Gasteiger partial charge is 0.492 e. The van der Waals surface area contributed by atoms with Crippen LogP contribution in [0, 0.1) is 0 Å². The van der Waals surface area contributed by atoms with Crippen molar-refractivity contribution >= 4 is 17.5 Å². The van der Waals surface area contributed by atoms with Crippen molar-refractivity contribution in [1.82, 2.24) is 10.2 Å². The fraction of sp³-hybridized carbons (Fsp3) is 0.364. The lowest BCUT2D eigenvalue weighted by molar-refractivity contribution is -0.119. The molecule has 1 heterocycles. The Morgan fingerprint density at radius 2 is 1.75 bits per heavy atom. The fourth-order valence-corrected chi connectivity index (χ4v) is 3.20. The summed E-state index contributed by atoms with van der Waals surface area (Å²) in [4.78, 5) is 26.4. The Morgan fingerprint density at radius 1 is 1.04 bits per heavy atom. The van der Waals surface area contributed by atoms with Gasteiger partial charge < -0.3 is 20.3 Å². The number of likely N-dealkylation sites (tertiary alicyclic amines) is 1. The first kappa shape index (κ1) is 19.7. The summed E-state index contributed by atoms with van der Waals surface area (Å²) in [5.41, 5.74) is 2.46. The molecule has 2 amide bonds. The molecule has 2 N–H and O–H groups in total. The van der Waals surface area contributed by atoms with E-state index in [1.54, 1.807) is 0 Å². The smallest absolute Gasteiger partial charge is 0.253 e. The van der Waals surface area contributed by atoms with Crippen LogP contribution < -0.4 is 15.4 Å². The maximum absolute atomic E-state index is 12.4. The maximum Gasteiger partial charge on any atom is 0.253 e. The van der Waals surface area contributed by atoms with Crippen molar-refractivity contribution in [3.05, 3.63) is 59.7 Å². The lowest BCUT2D eigenvalue weighted by Crippen LogP contribution is -2.29. The van der Waals surface area contributed by atoms with Crippen molar-refractivity contribution < 1.29 is 14.3 Å². The van der Waals surface area contributed by atoms with Gasteiger partial charge in [-0.3, -0.25) is 9.59 Å². The zero-order valence-corrected chi connectivity index (χ0v) is 16.2. The van der Waals surface area contributed by atoms with E-state index in [0.717, 1.165) is 42.9 Å². The number of nitrogens with zero attached hydrogens (tertiary/aromatic N) is 1. The average Bonchev–Trinajstić information content (AvgIpc) is 3.26. The Labute approximate surface area is 165 Å². The van der Waals surface area contributed by atoms with Crippen LogP contribution in [-0.4, -0.2) is 43.0 Å². The van der Waals surface area contributed by atoms with Crippen molar-refractivity contribution in [3.8, 4) is 5.75 Å². The van der Waals surface area contributed by atoms with E-state index in [-0.39, 0.29) is 18.4 Å². The van der Waals surface area contributed by atoms with Crippen molar-refractivity contribution in [2.75, 3.05) is 31.6 Å². The van der Waals surface area contributed by atoms with E-state index in [2.05, 4.69) is 10.6 Å². The van der Waals surface area contributed by atoms with Gasteiger partial charge in [-0.05, 0) is 49.6 Å². The Morgan fingerprint density at radius 3 is 2.46 bits per heavy atom. The van der Waals surface area contributed by atoms with Gasteiger partial charge in [0.1, 0.15) is 5.75 Å². The Bertz CT molecular complexity index is 799. The van der Waals surface area contributed by atoms with Crippen molar-refractivity contribution in [2.45, 2.75) is 26.3 Å². The van der Waals surface area contributed by atoms with Gasteiger partial charge >= 0.3 is 0 Å². The number of hydrogen-bond acceptors (Lipinski definition) is 4. The highest BCUT2D eigenvalue weighted by molar-refractivity contribution is 5.94. The summed E-state index contributed by atoms with van der Waals surface area (Å²) in [6.45, 7) is 4.77. The second-order valence-corrected chi connectivity index (χ2v) is 6.76. The number of carbonyl (C=O) groups excluding carboxylic acids is 2. The average molecular weight is 381 g/mol. The summed E-state index contributed by atoms with van der Waals surface area (Å²) in [6, 6.07) is 15.0. The molecular formula is C22H27N3O3. The Kier molecular flexibility index (Phi) is 6.89. The SMILES string of the molecule is CCOc1ccccc1NCC(=O)NCc1ccc(C(=O)N2CCCC2)cc1. The molecule has 1 fully saturated rings. The minimum absolute atomic E-state index is 0.0882. The third-order valence-electron chi connectivity index (χ3n) is 4.71. The first-order valence-corrected chi connectivity index (χ1v) is 9.78. The molecule has 0 bridgehead atoms. The van der Waals surface area contributed by atoms with E-state index >= 15 is 0 Å². The van der Waals surface area contributed by atoms with Crippen LogP contribution in [0.3, 0.4) is 0 Å². The molecule has 28 heavy (non-hydrogen) atoms. The van der Waals surface area contributed by atoms with Gasteiger partial charge in [0.05, 0.1) is 18.8 Å². The van der Waals surface area contributed by atoms with Gasteiger partial charge in [-0.2, -0.15) is 0 Å². The van der Waals surface area contributed by atoms with Crippen LogP contribution in [0.1, 0.15) is 35.7 Å². The summed E-state index contributed by atoms with van der Waals surface area (Å²) in [6.07, 6.45) is 2.16. The molecule has 1 aliphatic heterocycles. The predicted molar refractivity (Wildman–Crippen MR) is 110 cm³/mol. The van der Waals surface area contributed by atoms with Gasteiger partial charge in [0.15, 0.2) is 0 Å². The summed E-state index contributed by atoms with van der Waals surface area (Å²) < 4.78 is 5.54. The molecule has 0 atom stereocenters. The molecule has 2 aromatic rings. The van der Waals surface area contributed by atoms with Crippen LogP contribution >= 0.6 is 0 Å². The number of hydrogen-bond donors (Lipinski definition) is 2. The molecule has 0 radical (unpaired) electrons. The number of benzene rings is 2. The summed E-state index contributed by atoms with van der Waals surface area (Å²) >= 11 is 0. The number of anilines is 1. The van der Waals surface area contributed by atoms with E-state index in [0.29, 0.717) is 18.7 Å². The number of para-hydroxylation sites is 2. The lowest BCUT2D eigenvalue weighted by Gasteiger charge is -2.15. The van der Waals surface area contributed by atoms with Crippen molar-refractivity contribution in [3.63, 3.8) is 0 Å². The number of rotatable bonds is 8. The minimum Gasteiger partial charge on any atom is -0.492 e. The zero-order valence-electron chi connectivity index (χ0n) is 16.2. The van der Waals surface area contributed by atoms with Gasteiger partial charge in [0, 0.05) is 25.2 Å². The monoisotopic (exact) mass is 381 g/mol. The van der Waals surface area contributed by atoms with E-state index in [1.807, 2.05) is 60.4 Å². The van der Waals surface area contributed by atoms with E-state index in [9.17, 15) is 9.59 Å². The number of amides is 2. The van der Waals surface area contributed by atoms with E-state index in [1.165, 1.54) is 0 Å². The fourth-order valence-electron chi connectivity index (χ4n) is 3.20. The van der Waals surface area contributed by atoms with Gasteiger partial charge in [-0.25, -0.2) is 0 Å². The standard InChI is InChI=1S/C22H27N3O3/c1-2-28-20-8-4-3-7-19(20)23-16-21(26)24-15-17-9-11-18(12-10-17)22(27)25-13-5-6-14-25/h3-4,7-12,23H,2,5-6,13-16H2,1H3,(H,24,26). The third kappa shape index (κ3) is 5.25. The zero-order chi connectivity index (χ0) is 19.8. The molecule has 0 aliphatic carbocycles. The second-order valence-electron chi connectivity index (χ2n) is 6.76. The number of ether oxygens (including phenoxy) is 1. The van der Waals surface area contributed by atoms with Crippen molar-refractivity contribution in [1.29, 1.82) is 0 Å². The third-order valence-corrected chi connectivity index (χ3v) is 4.71. The van der Waals surface area contributed by atoms with Crippen molar-refractivity contribution in [2.24, 2.45) is 0 Å². The van der Waals surface area contributed by atoms with Gasteiger partial charge in [0.25, 0.3) is 5.91 Å². The summed E-state index contributed by atoms with van der Waals surface area (Å²) in [5.74, 6) is 0.713. The molecule has 6 nitrogen and oxygen atoms in total. The normalized spacial score (nSPS) is 13.2. The molecular weight excluding hydrogens is 354 g/mol. The molecule has 0 unspecified atom stereocenters. The van der Waals surface area contributed by atoms with Crippen LogP contribution in [0.4, 0.5) is 5.69 Å². The Balaban J connectivity index is 1.46. The van der Waals surface area contributed by atoms with Crippen LogP contribution in [0.2, 0.25) is 0 Å². The minimum atomic E-state index is -0.108. The van der Waals surface area contributed by atoms with Crippen LogP contribution in [0.5, 0.6) is 5.75 Å². The van der Waals surface area contributed by atoms with E-state index in [4.69, 9.17) is 4.74 Å². The predicted octanol–water partition coefficient (Wildman–Crippen LogP) is 3.05. The highest BCUT2D eigenvalue weighted by Gasteiger charge is 2.19. The molecule has 1 aliphatic rings. The van der Waals surface area contributed by atoms with Gasteiger partial charge in [0.2, 0.25) is 5.91 Å². The van der Waals surface area contributed by atoms with Crippen LogP contribution in [0.15, 0.2) is 48.5 Å². The molecule has 2 aromatic carbocycles. The molecule has 3 rings (SSSR count). The molecule has 148 valence electrons. The molecule has 0 aromatic heterocycles. The highest BCUT2D eigenvalue weighted by Crippen LogP contribution is 2.23. The van der Waals surface area contributed by atoms with Crippen LogP contribution in [-0.2, 0) is 11.3 Å². The lowest BCUT2D eigenvalue weighted by atomic mass is 10.1. The number of nitrogens with one attached hydrogen (secondary N) is 2. The quantitative estimate of drug-likeness (QED) is 0.737. The molecule has 6 heteroatoms. The van der Waals surface area contributed by atoms with Crippen LogP contribution in [0.25, 0.3) is 0 Å². The van der Waals surface area contributed by atoms with E-state index < -0.39 is 0 Å². The first-order valence-electron chi connectivity index (χ1n) is 9.78. The topological polar surface area (TPSA) is 70.7 Å². The van der Waals surface area contributed by atoms with Gasteiger partial charge in [-0.1, -0.05) is 24.3 Å². The highest BCUT2D eigenvalue weighted by atomic mass is 16.5. The molecule has 0 spiro atoms.